The second-order valence-corrected chi connectivity index (χ2v) is 6.49. The summed E-state index contributed by atoms with van der Waals surface area (Å²) in [6.45, 7) is 4.80. The van der Waals surface area contributed by atoms with Crippen LogP contribution in [0.4, 0.5) is 0 Å². The van der Waals surface area contributed by atoms with E-state index in [1.807, 2.05) is 0 Å². The number of phenols is 2. The highest BCUT2D eigenvalue weighted by Gasteiger charge is 2.18. The van der Waals surface area contributed by atoms with Crippen LogP contribution in [0.2, 0.25) is 0 Å². The number of oxime groups is 1. The highest BCUT2D eigenvalue weighted by Crippen LogP contribution is 2.29. The second kappa shape index (κ2) is 9.22. The minimum Gasteiger partial charge on any atom is -0.508 e. The molecule has 0 aliphatic carbocycles. The van der Waals surface area contributed by atoms with E-state index in [1.54, 1.807) is 18.7 Å². The summed E-state index contributed by atoms with van der Waals surface area (Å²) < 4.78 is 0. The predicted octanol–water partition coefficient (Wildman–Crippen LogP) is 2.64. The van der Waals surface area contributed by atoms with Crippen molar-refractivity contribution in [3.8, 4) is 11.5 Å². The Balaban J connectivity index is 2.00. The Morgan fingerprint density at radius 3 is 2.54 bits per heavy atom. The molecule has 1 aromatic carbocycles. The second-order valence-electron chi connectivity index (χ2n) is 6.49. The van der Waals surface area contributed by atoms with Gasteiger partial charge in [0.25, 0.3) is 5.91 Å². The number of amides is 1. The van der Waals surface area contributed by atoms with Crippen LogP contribution in [-0.2, 0) is 16.1 Å². The minimum atomic E-state index is -0.249. The lowest BCUT2D eigenvalue weighted by Gasteiger charge is -2.26. The number of rotatable bonds is 7. The lowest BCUT2D eigenvalue weighted by molar-refractivity contribution is -0.137. The van der Waals surface area contributed by atoms with Gasteiger partial charge in [0.1, 0.15) is 11.5 Å². The Bertz CT molecular complexity index is 693. The first-order valence-corrected chi connectivity index (χ1v) is 8.93. The molecule has 1 aliphatic heterocycles. The van der Waals surface area contributed by atoms with E-state index in [4.69, 9.17) is 4.84 Å². The molecule has 7 heteroatoms. The molecule has 0 aromatic heterocycles. The number of nitrogens with zero attached hydrogens (tertiary/aromatic N) is 2. The van der Waals surface area contributed by atoms with Gasteiger partial charge in [-0.25, -0.2) is 0 Å². The minimum absolute atomic E-state index is 0.0851. The van der Waals surface area contributed by atoms with Gasteiger partial charge in [-0.2, -0.15) is 0 Å². The van der Waals surface area contributed by atoms with Gasteiger partial charge < -0.3 is 20.0 Å². The van der Waals surface area contributed by atoms with Crippen molar-refractivity contribution in [1.82, 2.24) is 4.90 Å². The van der Waals surface area contributed by atoms with Crippen molar-refractivity contribution < 1.29 is 24.6 Å². The van der Waals surface area contributed by atoms with Crippen LogP contribution < -0.4 is 0 Å². The first-order chi connectivity index (χ1) is 12.4. The van der Waals surface area contributed by atoms with Gasteiger partial charge in [0.05, 0.1) is 11.3 Å². The number of hydrogen-bond donors (Lipinski definition) is 2. The highest BCUT2D eigenvalue weighted by molar-refractivity contribution is 6.01. The molecule has 0 atom stereocenters. The summed E-state index contributed by atoms with van der Waals surface area (Å²) in [5.74, 6) is -0.676. The number of carbonyl (C=O) groups is 2. The van der Waals surface area contributed by atoms with Gasteiger partial charge >= 0.3 is 0 Å². The van der Waals surface area contributed by atoms with Crippen LogP contribution in [0.1, 0.15) is 55.5 Å². The normalized spacial score (nSPS) is 15.0. The maximum Gasteiger partial charge on any atom is 0.263 e. The molecule has 142 valence electrons. The number of aromatic hydroxyl groups is 2. The number of phenolic OH excluding ortho intramolecular Hbond substituents is 2. The van der Waals surface area contributed by atoms with E-state index in [9.17, 15) is 19.8 Å². The summed E-state index contributed by atoms with van der Waals surface area (Å²) in [5.41, 5.74) is 1.19. The molecule has 26 heavy (non-hydrogen) atoms. The molecule has 1 amide bonds. The Labute approximate surface area is 153 Å². The summed E-state index contributed by atoms with van der Waals surface area (Å²) in [7, 11) is 0. The molecule has 1 fully saturated rings. The summed E-state index contributed by atoms with van der Waals surface area (Å²) in [6, 6.07) is 2.58. The van der Waals surface area contributed by atoms with Crippen LogP contribution in [0.15, 0.2) is 17.3 Å². The molecular weight excluding hydrogens is 336 g/mol. The molecule has 1 saturated heterocycles. The third-order valence-corrected chi connectivity index (χ3v) is 4.35. The standard InChI is InChI=1S/C19H26N2O5/c1-3-16(23)19-14(10-15(22)11-17(19)24)9-13(2)20-26-12-18(25)21-7-5-4-6-8-21/h10-11,22,24H,3-9,12H2,1-2H3. The van der Waals surface area contributed by atoms with Crippen molar-refractivity contribution in [1.29, 1.82) is 0 Å². The fraction of sp³-hybridized carbons (Fsp3) is 0.526. The highest BCUT2D eigenvalue weighted by atomic mass is 16.6. The fourth-order valence-electron chi connectivity index (χ4n) is 3.05. The van der Waals surface area contributed by atoms with E-state index in [0.717, 1.165) is 38.4 Å². The summed E-state index contributed by atoms with van der Waals surface area (Å²) in [5, 5.41) is 23.6. The number of benzene rings is 1. The smallest absolute Gasteiger partial charge is 0.263 e. The maximum absolute atomic E-state index is 12.1. The Kier molecular flexibility index (Phi) is 7.00. The monoisotopic (exact) mass is 362 g/mol. The number of likely N-dealkylation sites (tertiary alicyclic amines) is 1. The van der Waals surface area contributed by atoms with Gasteiger partial charge in [0.15, 0.2) is 12.4 Å². The maximum atomic E-state index is 12.1. The zero-order valence-corrected chi connectivity index (χ0v) is 15.3. The summed E-state index contributed by atoms with van der Waals surface area (Å²) >= 11 is 0. The average molecular weight is 362 g/mol. The van der Waals surface area contributed by atoms with E-state index < -0.39 is 0 Å². The van der Waals surface area contributed by atoms with Gasteiger partial charge in [-0.1, -0.05) is 12.1 Å². The lowest BCUT2D eigenvalue weighted by atomic mass is 9.96. The molecule has 0 radical (unpaired) electrons. The van der Waals surface area contributed by atoms with Crippen molar-refractivity contribution in [2.24, 2.45) is 5.16 Å². The Morgan fingerprint density at radius 2 is 1.88 bits per heavy atom. The summed E-state index contributed by atoms with van der Waals surface area (Å²) in [6.07, 6.45) is 3.65. The number of piperidine rings is 1. The van der Waals surface area contributed by atoms with E-state index in [2.05, 4.69) is 5.16 Å². The van der Waals surface area contributed by atoms with Gasteiger partial charge in [0.2, 0.25) is 0 Å². The Hall–Kier alpha value is -2.57. The van der Waals surface area contributed by atoms with Gasteiger partial charge in [-0.05, 0) is 37.8 Å². The molecule has 1 aromatic rings. The molecule has 2 rings (SSSR count). The van der Waals surface area contributed by atoms with Crippen LogP contribution >= 0.6 is 0 Å². The van der Waals surface area contributed by atoms with Crippen molar-refractivity contribution in [2.75, 3.05) is 19.7 Å². The Morgan fingerprint density at radius 1 is 1.19 bits per heavy atom. The molecule has 0 bridgehead atoms. The van der Waals surface area contributed by atoms with Crippen molar-refractivity contribution in [3.63, 3.8) is 0 Å². The number of carbonyl (C=O) groups excluding carboxylic acids is 2. The zero-order chi connectivity index (χ0) is 19.1. The third kappa shape index (κ3) is 5.21. The van der Waals surface area contributed by atoms with Crippen molar-refractivity contribution in [3.05, 3.63) is 23.3 Å². The lowest BCUT2D eigenvalue weighted by Crippen LogP contribution is -2.37. The number of ketones is 1. The summed E-state index contributed by atoms with van der Waals surface area (Å²) in [4.78, 5) is 31.0. The largest absolute Gasteiger partial charge is 0.508 e. The average Bonchev–Trinajstić information content (AvgIpc) is 2.61. The van der Waals surface area contributed by atoms with Crippen LogP contribution in [0.25, 0.3) is 0 Å². The molecule has 0 saturated carbocycles. The van der Waals surface area contributed by atoms with Crippen molar-refractivity contribution >= 4 is 17.4 Å². The van der Waals surface area contributed by atoms with Crippen LogP contribution in [0, 0.1) is 0 Å². The van der Waals surface area contributed by atoms with E-state index >= 15 is 0 Å². The molecular formula is C19H26N2O5. The molecule has 1 aliphatic rings. The van der Waals surface area contributed by atoms with E-state index in [0.29, 0.717) is 11.3 Å². The molecule has 0 spiro atoms. The fourth-order valence-corrected chi connectivity index (χ4v) is 3.05. The molecule has 2 N–H and O–H groups in total. The van der Waals surface area contributed by atoms with Crippen LogP contribution in [-0.4, -0.2) is 52.2 Å². The van der Waals surface area contributed by atoms with Crippen molar-refractivity contribution in [2.45, 2.75) is 46.0 Å². The topological polar surface area (TPSA) is 99.4 Å². The first kappa shape index (κ1) is 19.8. The molecule has 1 heterocycles. The third-order valence-electron chi connectivity index (χ3n) is 4.35. The molecule has 7 nitrogen and oxygen atoms in total. The number of Topliss-reactive ketones (excluding diaryl/α,β-unsaturated/α-hetero) is 1. The molecule has 0 unspecified atom stereocenters. The number of hydrogen-bond acceptors (Lipinski definition) is 6. The van der Waals surface area contributed by atoms with Crippen LogP contribution in [0.5, 0.6) is 11.5 Å². The first-order valence-electron chi connectivity index (χ1n) is 8.93. The van der Waals surface area contributed by atoms with Gasteiger partial charge in [-0.3, -0.25) is 9.59 Å². The SMILES string of the molecule is CCC(=O)c1c(O)cc(O)cc1CC(C)=NOCC(=O)N1CCCCC1. The van der Waals surface area contributed by atoms with E-state index in [-0.39, 0.29) is 48.2 Å². The van der Waals surface area contributed by atoms with Gasteiger partial charge in [0, 0.05) is 32.0 Å². The van der Waals surface area contributed by atoms with Crippen LogP contribution in [0.3, 0.4) is 0 Å². The van der Waals surface area contributed by atoms with E-state index in [1.165, 1.54) is 6.07 Å². The van der Waals surface area contributed by atoms with Gasteiger partial charge in [-0.15, -0.1) is 0 Å². The predicted molar refractivity (Wildman–Crippen MR) is 97.6 cm³/mol. The zero-order valence-electron chi connectivity index (χ0n) is 15.3. The quantitative estimate of drug-likeness (QED) is 0.441.